The Bertz CT molecular complexity index is 1260. The minimum atomic E-state index is -0.0237. The Balaban J connectivity index is 1.37. The number of para-hydroxylation sites is 1. The second kappa shape index (κ2) is 8.79. The van der Waals surface area contributed by atoms with Gasteiger partial charge >= 0.3 is 0 Å². The maximum absolute atomic E-state index is 12.8. The quantitative estimate of drug-likeness (QED) is 0.449. The number of piperazine rings is 1. The lowest BCUT2D eigenvalue weighted by atomic mass is 10.1. The molecule has 1 saturated heterocycles. The van der Waals surface area contributed by atoms with Crippen LogP contribution in [0.15, 0.2) is 88.1 Å². The largest absolute Gasteiger partial charge is 0.488 e. The molecule has 0 N–H and O–H groups in total. The van der Waals surface area contributed by atoms with Gasteiger partial charge in [0.2, 0.25) is 0 Å². The maximum atomic E-state index is 12.8. The highest BCUT2D eigenvalue weighted by atomic mass is 16.5. The smallest absolute Gasteiger partial charge is 0.200 e. The van der Waals surface area contributed by atoms with E-state index in [0.717, 1.165) is 43.1 Å². The van der Waals surface area contributed by atoms with Crippen LogP contribution in [-0.4, -0.2) is 26.2 Å². The van der Waals surface area contributed by atoms with Crippen LogP contribution in [0.4, 0.5) is 11.6 Å². The predicted molar refractivity (Wildman–Crippen MR) is 129 cm³/mol. The van der Waals surface area contributed by atoms with Gasteiger partial charge in [-0.25, -0.2) is 0 Å². The molecule has 5 nitrogen and oxygen atoms in total. The second-order valence-electron chi connectivity index (χ2n) is 8.10. The van der Waals surface area contributed by atoms with Gasteiger partial charge < -0.3 is 19.0 Å². The van der Waals surface area contributed by atoms with Crippen LogP contribution in [0, 0.1) is 6.92 Å². The van der Waals surface area contributed by atoms with Crippen LogP contribution in [0.5, 0.6) is 5.75 Å². The molecule has 1 fully saturated rings. The van der Waals surface area contributed by atoms with Crippen molar-refractivity contribution in [2.45, 2.75) is 13.5 Å². The van der Waals surface area contributed by atoms with Crippen molar-refractivity contribution in [1.82, 2.24) is 0 Å². The number of hydrogen-bond donors (Lipinski definition) is 0. The van der Waals surface area contributed by atoms with Crippen molar-refractivity contribution in [3.8, 4) is 5.75 Å². The highest BCUT2D eigenvalue weighted by Crippen LogP contribution is 2.30. The molecule has 1 aliphatic heterocycles. The van der Waals surface area contributed by atoms with E-state index in [-0.39, 0.29) is 5.43 Å². The van der Waals surface area contributed by atoms with E-state index in [4.69, 9.17) is 9.15 Å². The molecular weight excluding hydrogens is 400 g/mol. The molecule has 3 aromatic carbocycles. The van der Waals surface area contributed by atoms with Gasteiger partial charge in [-0.2, -0.15) is 0 Å². The molecule has 0 radical (unpaired) electrons. The lowest BCUT2D eigenvalue weighted by Crippen LogP contribution is -2.46. The van der Waals surface area contributed by atoms with Crippen molar-refractivity contribution < 1.29 is 9.15 Å². The van der Waals surface area contributed by atoms with Crippen LogP contribution in [0.25, 0.3) is 11.0 Å². The first-order chi connectivity index (χ1) is 15.7. The molecule has 0 atom stereocenters. The Morgan fingerprint density at radius 3 is 2.22 bits per heavy atom. The maximum Gasteiger partial charge on any atom is 0.200 e. The number of benzene rings is 3. The summed E-state index contributed by atoms with van der Waals surface area (Å²) in [6.45, 7) is 5.77. The van der Waals surface area contributed by atoms with Gasteiger partial charge in [0.15, 0.2) is 11.3 Å². The van der Waals surface area contributed by atoms with Gasteiger partial charge in [-0.15, -0.1) is 0 Å². The van der Waals surface area contributed by atoms with Gasteiger partial charge in [0.1, 0.15) is 17.9 Å². The summed E-state index contributed by atoms with van der Waals surface area (Å²) in [5.41, 5.74) is 3.75. The van der Waals surface area contributed by atoms with Crippen molar-refractivity contribution in [3.05, 3.63) is 100 Å². The standard InChI is InChI=1S/C27H26N2O3/c1-20-25(31-19-21-8-4-2-5-9-21)13-12-23-24(30)18-26(32-27(20)23)29-16-14-28(15-17-29)22-10-6-3-7-11-22/h2-13,18H,14-17,19H2,1H3. The van der Waals surface area contributed by atoms with Crippen LogP contribution < -0.4 is 20.0 Å². The second-order valence-corrected chi connectivity index (χ2v) is 8.10. The number of rotatable bonds is 5. The molecule has 0 spiro atoms. The third-order valence-corrected chi connectivity index (χ3v) is 6.03. The average molecular weight is 427 g/mol. The van der Waals surface area contributed by atoms with Crippen LogP contribution in [0.3, 0.4) is 0 Å². The minimum Gasteiger partial charge on any atom is -0.488 e. The average Bonchev–Trinajstić information content (AvgIpc) is 2.85. The molecule has 32 heavy (non-hydrogen) atoms. The Morgan fingerprint density at radius 2 is 1.50 bits per heavy atom. The molecule has 0 unspecified atom stereocenters. The fourth-order valence-electron chi connectivity index (χ4n) is 4.19. The molecule has 5 heteroatoms. The third kappa shape index (κ3) is 4.06. The van der Waals surface area contributed by atoms with Gasteiger partial charge in [0, 0.05) is 43.5 Å². The van der Waals surface area contributed by atoms with E-state index in [1.54, 1.807) is 12.1 Å². The van der Waals surface area contributed by atoms with Crippen molar-refractivity contribution in [3.63, 3.8) is 0 Å². The molecule has 0 bridgehead atoms. The molecule has 1 aliphatic rings. The molecule has 0 aliphatic carbocycles. The summed E-state index contributed by atoms with van der Waals surface area (Å²) in [5.74, 6) is 1.36. The summed E-state index contributed by atoms with van der Waals surface area (Å²) < 4.78 is 12.3. The Labute approximate surface area is 187 Å². The fraction of sp³-hybridized carbons (Fsp3) is 0.222. The fourth-order valence-corrected chi connectivity index (χ4v) is 4.19. The van der Waals surface area contributed by atoms with Crippen LogP contribution in [-0.2, 0) is 6.61 Å². The number of aryl methyl sites for hydroxylation is 1. The van der Waals surface area contributed by atoms with Crippen LogP contribution >= 0.6 is 0 Å². The van der Waals surface area contributed by atoms with E-state index < -0.39 is 0 Å². The van der Waals surface area contributed by atoms with E-state index in [9.17, 15) is 4.79 Å². The number of nitrogens with zero attached hydrogens (tertiary/aromatic N) is 2. The summed E-state index contributed by atoms with van der Waals surface area (Å²) in [6.07, 6.45) is 0. The monoisotopic (exact) mass is 426 g/mol. The predicted octanol–water partition coefficient (Wildman–Crippen LogP) is 5.01. The molecule has 2 heterocycles. The number of anilines is 2. The summed E-state index contributed by atoms with van der Waals surface area (Å²) in [6, 6.07) is 25.7. The van der Waals surface area contributed by atoms with Gasteiger partial charge in [-0.1, -0.05) is 48.5 Å². The summed E-state index contributed by atoms with van der Waals surface area (Å²) in [7, 11) is 0. The van der Waals surface area contributed by atoms with Gasteiger partial charge in [0.25, 0.3) is 0 Å². The normalized spacial score (nSPS) is 14.0. The molecular formula is C27H26N2O3. The summed E-state index contributed by atoms with van der Waals surface area (Å²) >= 11 is 0. The Hall–Kier alpha value is -3.73. The molecule has 5 rings (SSSR count). The Morgan fingerprint density at radius 1 is 0.844 bits per heavy atom. The van der Waals surface area contributed by atoms with Gasteiger partial charge in [-0.05, 0) is 36.8 Å². The van der Waals surface area contributed by atoms with E-state index in [1.165, 1.54) is 5.69 Å². The zero-order chi connectivity index (χ0) is 21.9. The highest BCUT2D eigenvalue weighted by Gasteiger charge is 2.21. The zero-order valence-electron chi connectivity index (χ0n) is 18.2. The van der Waals surface area contributed by atoms with E-state index in [1.807, 2.05) is 49.4 Å². The lowest BCUT2D eigenvalue weighted by Gasteiger charge is -2.36. The van der Waals surface area contributed by atoms with Gasteiger partial charge in [-0.3, -0.25) is 4.79 Å². The van der Waals surface area contributed by atoms with Gasteiger partial charge in [0.05, 0.1) is 5.39 Å². The van der Waals surface area contributed by atoms with Crippen molar-refractivity contribution in [2.24, 2.45) is 0 Å². The zero-order valence-corrected chi connectivity index (χ0v) is 18.2. The number of hydrogen-bond acceptors (Lipinski definition) is 5. The first kappa shape index (κ1) is 20.2. The topological polar surface area (TPSA) is 45.9 Å². The third-order valence-electron chi connectivity index (χ3n) is 6.03. The first-order valence-electron chi connectivity index (χ1n) is 11.0. The molecule has 0 saturated carbocycles. The molecule has 0 amide bonds. The lowest BCUT2D eigenvalue weighted by molar-refractivity contribution is 0.304. The Kier molecular flexibility index (Phi) is 5.55. The van der Waals surface area contributed by atoms with E-state index in [0.29, 0.717) is 23.5 Å². The van der Waals surface area contributed by atoms with Crippen LogP contribution in [0.2, 0.25) is 0 Å². The van der Waals surface area contributed by atoms with Crippen LogP contribution in [0.1, 0.15) is 11.1 Å². The first-order valence-corrected chi connectivity index (χ1v) is 11.0. The molecule has 1 aromatic heterocycles. The highest BCUT2D eigenvalue weighted by molar-refractivity contribution is 5.83. The van der Waals surface area contributed by atoms with Crippen molar-refractivity contribution >= 4 is 22.5 Å². The minimum absolute atomic E-state index is 0.0237. The molecule has 162 valence electrons. The summed E-state index contributed by atoms with van der Waals surface area (Å²) in [4.78, 5) is 17.3. The number of fused-ring (bicyclic) bond motifs is 1. The van der Waals surface area contributed by atoms with Crippen molar-refractivity contribution in [1.29, 1.82) is 0 Å². The van der Waals surface area contributed by atoms with E-state index >= 15 is 0 Å². The number of ether oxygens (including phenoxy) is 1. The molecule has 4 aromatic rings. The summed E-state index contributed by atoms with van der Waals surface area (Å²) in [5, 5.41) is 0.584. The van der Waals surface area contributed by atoms with Crippen molar-refractivity contribution in [2.75, 3.05) is 36.0 Å². The van der Waals surface area contributed by atoms with E-state index in [2.05, 4.69) is 34.1 Å². The SMILES string of the molecule is Cc1c(OCc2ccccc2)ccc2c(=O)cc(N3CCN(c4ccccc4)CC3)oc12.